The van der Waals surface area contributed by atoms with Crippen LogP contribution in [0.2, 0.25) is 0 Å². The minimum atomic E-state index is -3.67. The minimum absolute atomic E-state index is 0.0125. The molecule has 162 valence electrons. The molecule has 0 unspecified atom stereocenters. The number of sulfonamides is 1. The molecule has 30 heavy (non-hydrogen) atoms. The number of likely N-dealkylation sites (N-methyl/N-ethyl adjacent to an activating group) is 1. The van der Waals surface area contributed by atoms with Gasteiger partial charge in [-0.1, -0.05) is 6.07 Å². The van der Waals surface area contributed by atoms with Crippen LogP contribution in [-0.2, 0) is 14.8 Å². The molecule has 2 aromatic rings. The Morgan fingerprint density at radius 3 is 2.37 bits per heavy atom. The van der Waals surface area contributed by atoms with Crippen molar-refractivity contribution in [2.24, 2.45) is 0 Å². The monoisotopic (exact) mass is 437 g/mol. The number of hydrogen-bond acceptors (Lipinski definition) is 5. The van der Waals surface area contributed by atoms with E-state index in [9.17, 15) is 22.4 Å². The van der Waals surface area contributed by atoms with Gasteiger partial charge < -0.3 is 15.0 Å². The molecule has 0 atom stereocenters. The average Bonchev–Trinajstić information content (AvgIpc) is 2.73. The van der Waals surface area contributed by atoms with Gasteiger partial charge in [-0.05, 0) is 42.5 Å². The summed E-state index contributed by atoms with van der Waals surface area (Å²) >= 11 is 0. The molecule has 0 heterocycles. The molecule has 2 aromatic carbocycles. The highest BCUT2D eigenvalue weighted by atomic mass is 32.2. The maximum absolute atomic E-state index is 12.9. The van der Waals surface area contributed by atoms with Crippen LogP contribution < -0.4 is 10.1 Å². The third kappa shape index (κ3) is 6.26. The number of ether oxygens (including phenoxy) is 1. The third-order valence-electron chi connectivity index (χ3n) is 4.21. The fraction of sp³-hybridized carbons (Fsp3) is 0.300. The van der Waals surface area contributed by atoms with Crippen molar-refractivity contribution in [3.63, 3.8) is 0 Å². The summed E-state index contributed by atoms with van der Waals surface area (Å²) in [6.45, 7) is 0.214. The third-order valence-corrected chi connectivity index (χ3v) is 6.02. The zero-order chi connectivity index (χ0) is 22.3. The number of amides is 2. The molecule has 10 heteroatoms. The van der Waals surface area contributed by atoms with Crippen LogP contribution in [0, 0.1) is 5.82 Å². The number of rotatable bonds is 9. The van der Waals surface area contributed by atoms with Crippen LogP contribution in [0.25, 0.3) is 0 Å². The van der Waals surface area contributed by atoms with Crippen LogP contribution in [0.15, 0.2) is 53.4 Å². The van der Waals surface area contributed by atoms with Crippen LogP contribution in [0.3, 0.4) is 0 Å². The van der Waals surface area contributed by atoms with E-state index in [1.807, 2.05) is 0 Å². The maximum atomic E-state index is 12.9. The number of nitrogens with zero attached hydrogens (tertiary/aromatic N) is 2. The number of halogens is 1. The maximum Gasteiger partial charge on any atom is 0.251 e. The lowest BCUT2D eigenvalue weighted by atomic mass is 10.2. The molecule has 0 aliphatic heterocycles. The number of hydrogen-bond donors (Lipinski definition) is 1. The van der Waals surface area contributed by atoms with Gasteiger partial charge in [0.1, 0.15) is 18.2 Å². The highest BCUT2D eigenvalue weighted by Gasteiger charge is 2.19. The Balaban J connectivity index is 1.85. The fourth-order valence-corrected chi connectivity index (χ4v) is 3.31. The summed E-state index contributed by atoms with van der Waals surface area (Å²) in [5.41, 5.74) is 0.132. The largest absolute Gasteiger partial charge is 0.492 e. The minimum Gasteiger partial charge on any atom is -0.492 e. The summed E-state index contributed by atoms with van der Waals surface area (Å²) in [7, 11) is 0.691. The predicted molar refractivity (Wildman–Crippen MR) is 109 cm³/mol. The van der Waals surface area contributed by atoms with Crippen LogP contribution >= 0.6 is 0 Å². The summed E-state index contributed by atoms with van der Waals surface area (Å²) in [6.07, 6.45) is 0. The summed E-state index contributed by atoms with van der Waals surface area (Å²) in [5, 5.41) is 2.48. The molecular weight excluding hydrogens is 413 g/mol. The molecule has 1 N–H and O–H groups in total. The van der Waals surface area contributed by atoms with E-state index in [1.165, 1.54) is 67.5 Å². The first-order valence-corrected chi connectivity index (χ1v) is 10.5. The van der Waals surface area contributed by atoms with Crippen LogP contribution in [0.4, 0.5) is 4.39 Å². The first kappa shape index (κ1) is 23.3. The van der Waals surface area contributed by atoms with Gasteiger partial charge in [0, 0.05) is 26.7 Å². The summed E-state index contributed by atoms with van der Waals surface area (Å²) in [4.78, 5) is 25.9. The standard InChI is InChI=1S/C20H24FN3O5S/c1-23(2)30(27,28)18-6-4-5-15(13-18)20(26)22-14-19(25)24(3)11-12-29-17-9-7-16(21)8-10-17/h4-10,13H,11-12,14H2,1-3H3,(H,22,26). The van der Waals surface area contributed by atoms with E-state index >= 15 is 0 Å². The van der Waals surface area contributed by atoms with Crippen molar-refractivity contribution in [1.82, 2.24) is 14.5 Å². The SMILES string of the molecule is CN(CCOc1ccc(F)cc1)C(=O)CNC(=O)c1cccc(S(=O)(=O)N(C)C)c1. The Bertz CT molecular complexity index is 994. The molecule has 2 amide bonds. The molecule has 2 rings (SSSR count). The van der Waals surface area contributed by atoms with Gasteiger partial charge in [-0.15, -0.1) is 0 Å². The molecule has 0 aliphatic carbocycles. The average molecular weight is 437 g/mol. The topological polar surface area (TPSA) is 96.0 Å². The number of carbonyl (C=O) groups excluding carboxylic acids is 2. The van der Waals surface area contributed by atoms with Gasteiger partial charge in [-0.25, -0.2) is 17.1 Å². The van der Waals surface area contributed by atoms with E-state index in [1.54, 1.807) is 7.05 Å². The van der Waals surface area contributed by atoms with Crippen molar-refractivity contribution in [2.75, 3.05) is 40.8 Å². The Hall–Kier alpha value is -2.98. The molecule has 0 aromatic heterocycles. The van der Waals surface area contributed by atoms with Crippen molar-refractivity contribution >= 4 is 21.8 Å². The smallest absolute Gasteiger partial charge is 0.251 e. The van der Waals surface area contributed by atoms with Gasteiger partial charge in [0.25, 0.3) is 5.91 Å². The van der Waals surface area contributed by atoms with Crippen molar-refractivity contribution in [3.05, 3.63) is 59.9 Å². The number of nitrogens with one attached hydrogen (secondary N) is 1. The lowest BCUT2D eigenvalue weighted by Gasteiger charge is -2.18. The lowest BCUT2D eigenvalue weighted by Crippen LogP contribution is -2.39. The molecule has 0 aliphatic rings. The Labute approximate surface area is 175 Å². The second-order valence-corrected chi connectivity index (χ2v) is 8.77. The van der Waals surface area contributed by atoms with Crippen LogP contribution in [0.5, 0.6) is 5.75 Å². The van der Waals surface area contributed by atoms with E-state index in [2.05, 4.69) is 5.32 Å². The van der Waals surface area contributed by atoms with Gasteiger partial charge in [-0.3, -0.25) is 9.59 Å². The second-order valence-electron chi connectivity index (χ2n) is 6.62. The molecule has 0 radical (unpaired) electrons. The van der Waals surface area contributed by atoms with E-state index in [-0.39, 0.29) is 41.9 Å². The van der Waals surface area contributed by atoms with Crippen molar-refractivity contribution in [1.29, 1.82) is 0 Å². The summed E-state index contributed by atoms with van der Waals surface area (Å²) in [5.74, 6) is -0.786. The van der Waals surface area contributed by atoms with Crippen LogP contribution in [0.1, 0.15) is 10.4 Å². The van der Waals surface area contributed by atoms with E-state index in [4.69, 9.17) is 4.74 Å². The van der Waals surface area contributed by atoms with E-state index in [0.717, 1.165) is 4.31 Å². The first-order valence-electron chi connectivity index (χ1n) is 9.04. The first-order chi connectivity index (χ1) is 14.1. The molecule has 0 saturated carbocycles. The van der Waals surface area contributed by atoms with Gasteiger partial charge >= 0.3 is 0 Å². The van der Waals surface area contributed by atoms with Gasteiger partial charge in [-0.2, -0.15) is 0 Å². The van der Waals surface area contributed by atoms with Crippen molar-refractivity contribution in [3.8, 4) is 5.75 Å². The van der Waals surface area contributed by atoms with Gasteiger partial charge in [0.15, 0.2) is 0 Å². The quantitative estimate of drug-likeness (QED) is 0.639. The van der Waals surface area contributed by atoms with Crippen LogP contribution in [-0.4, -0.2) is 70.3 Å². The molecule has 0 spiro atoms. The highest BCUT2D eigenvalue weighted by molar-refractivity contribution is 7.89. The number of carbonyl (C=O) groups is 2. The molecule has 0 fully saturated rings. The number of benzene rings is 2. The fourth-order valence-electron chi connectivity index (χ4n) is 2.36. The second kappa shape index (κ2) is 10.2. The van der Waals surface area contributed by atoms with Gasteiger partial charge in [0.2, 0.25) is 15.9 Å². The predicted octanol–water partition coefficient (Wildman–Crippen LogP) is 1.34. The van der Waals surface area contributed by atoms with Gasteiger partial charge in [0.05, 0.1) is 18.0 Å². The zero-order valence-electron chi connectivity index (χ0n) is 17.0. The lowest BCUT2D eigenvalue weighted by molar-refractivity contribution is -0.129. The molecule has 0 bridgehead atoms. The zero-order valence-corrected chi connectivity index (χ0v) is 17.8. The molecule has 0 saturated heterocycles. The molecular formula is C20H24FN3O5S. The highest BCUT2D eigenvalue weighted by Crippen LogP contribution is 2.15. The van der Waals surface area contributed by atoms with Crippen molar-refractivity contribution in [2.45, 2.75) is 4.90 Å². The normalized spacial score (nSPS) is 11.2. The summed E-state index contributed by atoms with van der Waals surface area (Å²) in [6, 6.07) is 11.1. The Morgan fingerprint density at radius 1 is 1.07 bits per heavy atom. The van der Waals surface area contributed by atoms with E-state index in [0.29, 0.717) is 5.75 Å². The Kier molecular flexibility index (Phi) is 7.90. The van der Waals surface area contributed by atoms with Crippen molar-refractivity contribution < 1.29 is 27.1 Å². The Morgan fingerprint density at radius 2 is 1.73 bits per heavy atom. The summed E-state index contributed by atoms with van der Waals surface area (Å²) < 4.78 is 43.7. The molecule has 8 nitrogen and oxygen atoms in total. The van der Waals surface area contributed by atoms with E-state index < -0.39 is 15.9 Å².